The van der Waals surface area contributed by atoms with Gasteiger partial charge in [0.1, 0.15) is 5.75 Å². The van der Waals surface area contributed by atoms with Crippen molar-refractivity contribution in [2.24, 2.45) is 0 Å². The standard InChI is InChI=1S/C24H31N5O3/c1-32-20-8-6-19(7-9-20)26-24(31)29-15-13-27(14-16-29)22-10-5-18(25)17-21(22)23(30)28-11-3-2-4-12-28/h5-10,17H,2-4,11-16,25H2,1H3,(H,26,31). The second kappa shape index (κ2) is 9.80. The van der Waals surface area contributed by atoms with E-state index in [1.54, 1.807) is 18.1 Å². The molecule has 0 saturated carbocycles. The van der Waals surface area contributed by atoms with Crippen molar-refractivity contribution < 1.29 is 14.3 Å². The van der Waals surface area contributed by atoms with Gasteiger partial charge < -0.3 is 30.5 Å². The smallest absolute Gasteiger partial charge is 0.321 e. The Morgan fingerprint density at radius 2 is 1.56 bits per heavy atom. The van der Waals surface area contributed by atoms with Crippen LogP contribution in [0.15, 0.2) is 42.5 Å². The molecule has 8 heteroatoms. The summed E-state index contributed by atoms with van der Waals surface area (Å²) in [5.41, 5.74) is 8.89. The minimum Gasteiger partial charge on any atom is -0.497 e. The largest absolute Gasteiger partial charge is 0.497 e. The van der Waals surface area contributed by atoms with E-state index in [2.05, 4.69) is 10.2 Å². The topological polar surface area (TPSA) is 91.1 Å². The lowest BCUT2D eigenvalue weighted by molar-refractivity contribution is 0.0724. The number of carbonyl (C=O) groups excluding carboxylic acids is 2. The SMILES string of the molecule is COc1ccc(NC(=O)N2CCN(c3ccc(N)cc3C(=O)N3CCCCC3)CC2)cc1. The zero-order valence-electron chi connectivity index (χ0n) is 18.5. The number of hydrogen-bond donors (Lipinski definition) is 2. The van der Waals surface area contributed by atoms with Crippen LogP contribution in [0.4, 0.5) is 21.9 Å². The number of urea groups is 1. The van der Waals surface area contributed by atoms with Crippen LogP contribution in [0.1, 0.15) is 29.6 Å². The Morgan fingerprint density at radius 1 is 0.875 bits per heavy atom. The summed E-state index contributed by atoms with van der Waals surface area (Å²) in [7, 11) is 1.61. The number of piperazine rings is 1. The lowest BCUT2D eigenvalue weighted by atomic mass is 10.1. The molecule has 3 N–H and O–H groups in total. The third kappa shape index (κ3) is 4.90. The van der Waals surface area contributed by atoms with Gasteiger partial charge in [0, 0.05) is 56.3 Å². The van der Waals surface area contributed by atoms with Gasteiger partial charge in [0.2, 0.25) is 0 Å². The Kier molecular flexibility index (Phi) is 6.68. The monoisotopic (exact) mass is 437 g/mol. The van der Waals surface area contributed by atoms with Crippen LogP contribution < -0.4 is 20.7 Å². The molecule has 2 aliphatic heterocycles. The number of nitrogens with one attached hydrogen (secondary N) is 1. The van der Waals surface area contributed by atoms with Gasteiger partial charge in [-0.2, -0.15) is 0 Å². The minimum absolute atomic E-state index is 0.0479. The van der Waals surface area contributed by atoms with Gasteiger partial charge in [0.25, 0.3) is 5.91 Å². The number of amides is 3. The molecular weight excluding hydrogens is 406 g/mol. The van der Waals surface area contributed by atoms with Crippen molar-refractivity contribution in [2.75, 3.05) is 62.3 Å². The number of rotatable bonds is 4. The van der Waals surface area contributed by atoms with Crippen molar-refractivity contribution in [2.45, 2.75) is 19.3 Å². The fraction of sp³-hybridized carbons (Fsp3) is 0.417. The third-order valence-corrected chi connectivity index (χ3v) is 6.14. The summed E-state index contributed by atoms with van der Waals surface area (Å²) < 4.78 is 5.15. The van der Waals surface area contributed by atoms with Crippen LogP contribution in [0.2, 0.25) is 0 Å². The molecule has 2 heterocycles. The van der Waals surface area contributed by atoms with Crippen molar-refractivity contribution in [3.05, 3.63) is 48.0 Å². The summed E-state index contributed by atoms with van der Waals surface area (Å²) in [6.07, 6.45) is 3.27. The molecule has 2 fully saturated rings. The van der Waals surface area contributed by atoms with E-state index in [-0.39, 0.29) is 11.9 Å². The van der Waals surface area contributed by atoms with E-state index in [4.69, 9.17) is 10.5 Å². The molecule has 2 aliphatic rings. The number of methoxy groups -OCH3 is 1. The normalized spacial score (nSPS) is 16.6. The molecule has 0 aliphatic carbocycles. The third-order valence-electron chi connectivity index (χ3n) is 6.14. The Morgan fingerprint density at radius 3 is 2.22 bits per heavy atom. The van der Waals surface area contributed by atoms with Crippen molar-refractivity contribution in [3.8, 4) is 5.75 Å². The molecule has 2 aromatic carbocycles. The van der Waals surface area contributed by atoms with Crippen molar-refractivity contribution in [3.63, 3.8) is 0 Å². The molecule has 0 unspecified atom stereocenters. The first-order valence-corrected chi connectivity index (χ1v) is 11.2. The van der Waals surface area contributed by atoms with Gasteiger partial charge in [0.05, 0.1) is 12.7 Å². The number of anilines is 3. The van der Waals surface area contributed by atoms with Gasteiger partial charge >= 0.3 is 6.03 Å². The molecule has 32 heavy (non-hydrogen) atoms. The maximum atomic E-state index is 13.2. The number of piperidine rings is 1. The van der Waals surface area contributed by atoms with Crippen molar-refractivity contribution in [1.82, 2.24) is 9.80 Å². The zero-order valence-corrected chi connectivity index (χ0v) is 18.5. The van der Waals surface area contributed by atoms with Gasteiger partial charge in [-0.05, 0) is 61.7 Å². The maximum absolute atomic E-state index is 13.2. The molecule has 8 nitrogen and oxygen atoms in total. The van der Waals surface area contributed by atoms with E-state index in [0.717, 1.165) is 43.1 Å². The first kappa shape index (κ1) is 21.8. The molecule has 0 aromatic heterocycles. The molecule has 3 amide bonds. The summed E-state index contributed by atoms with van der Waals surface area (Å²) in [5, 5.41) is 2.93. The van der Waals surface area contributed by atoms with Crippen LogP contribution in [-0.4, -0.2) is 68.1 Å². The second-order valence-corrected chi connectivity index (χ2v) is 8.26. The molecule has 0 atom stereocenters. The number of nitrogen functional groups attached to an aromatic ring is 1. The Bertz CT molecular complexity index is 949. The van der Waals surface area contributed by atoms with Gasteiger partial charge in [-0.15, -0.1) is 0 Å². The zero-order chi connectivity index (χ0) is 22.5. The van der Waals surface area contributed by atoms with Crippen LogP contribution in [0.25, 0.3) is 0 Å². The van der Waals surface area contributed by atoms with E-state index in [1.165, 1.54) is 6.42 Å². The van der Waals surface area contributed by atoms with Crippen LogP contribution >= 0.6 is 0 Å². The average Bonchev–Trinajstić information content (AvgIpc) is 2.84. The summed E-state index contributed by atoms with van der Waals surface area (Å²) in [6.45, 7) is 4.05. The number of hydrogen-bond acceptors (Lipinski definition) is 5. The van der Waals surface area contributed by atoms with E-state index >= 15 is 0 Å². The van der Waals surface area contributed by atoms with E-state index in [0.29, 0.717) is 37.4 Å². The van der Waals surface area contributed by atoms with Gasteiger partial charge in [0.15, 0.2) is 0 Å². The Balaban J connectivity index is 1.40. The number of benzene rings is 2. The summed E-state index contributed by atoms with van der Waals surface area (Å²) in [6, 6.07) is 12.7. The Hall–Kier alpha value is -3.42. The van der Waals surface area contributed by atoms with Gasteiger partial charge in [-0.25, -0.2) is 4.79 Å². The quantitative estimate of drug-likeness (QED) is 0.717. The number of likely N-dealkylation sites (tertiary alicyclic amines) is 1. The van der Waals surface area contributed by atoms with Crippen LogP contribution in [0.5, 0.6) is 5.75 Å². The highest BCUT2D eigenvalue weighted by Gasteiger charge is 2.27. The number of nitrogens with two attached hydrogens (primary N) is 1. The summed E-state index contributed by atoms with van der Waals surface area (Å²) in [4.78, 5) is 31.8. The van der Waals surface area contributed by atoms with Crippen molar-refractivity contribution >= 4 is 29.0 Å². The highest BCUT2D eigenvalue weighted by atomic mass is 16.5. The van der Waals surface area contributed by atoms with Crippen molar-refractivity contribution in [1.29, 1.82) is 0 Å². The number of nitrogens with zero attached hydrogens (tertiary/aromatic N) is 3. The highest BCUT2D eigenvalue weighted by Crippen LogP contribution is 2.27. The molecule has 2 aromatic rings. The summed E-state index contributed by atoms with van der Waals surface area (Å²) in [5.74, 6) is 0.793. The highest BCUT2D eigenvalue weighted by molar-refractivity contribution is 6.01. The lowest BCUT2D eigenvalue weighted by Gasteiger charge is -2.37. The second-order valence-electron chi connectivity index (χ2n) is 8.26. The molecule has 0 bridgehead atoms. The molecule has 0 spiro atoms. The van der Waals surface area contributed by atoms with Crippen LogP contribution in [-0.2, 0) is 0 Å². The number of ether oxygens (including phenoxy) is 1. The fourth-order valence-electron chi connectivity index (χ4n) is 4.30. The van der Waals surface area contributed by atoms with Crippen LogP contribution in [0, 0.1) is 0 Å². The lowest BCUT2D eigenvalue weighted by Crippen LogP contribution is -2.50. The Labute approximate surface area is 188 Å². The van der Waals surface area contributed by atoms with E-state index < -0.39 is 0 Å². The fourth-order valence-corrected chi connectivity index (χ4v) is 4.30. The molecule has 170 valence electrons. The predicted molar refractivity (Wildman–Crippen MR) is 126 cm³/mol. The average molecular weight is 438 g/mol. The molecule has 2 saturated heterocycles. The maximum Gasteiger partial charge on any atom is 0.321 e. The first-order valence-electron chi connectivity index (χ1n) is 11.2. The predicted octanol–water partition coefficient (Wildman–Crippen LogP) is 3.26. The van der Waals surface area contributed by atoms with Gasteiger partial charge in [-0.1, -0.05) is 0 Å². The van der Waals surface area contributed by atoms with E-state index in [1.807, 2.05) is 41.3 Å². The van der Waals surface area contributed by atoms with E-state index in [9.17, 15) is 9.59 Å². The van der Waals surface area contributed by atoms with Crippen LogP contribution in [0.3, 0.4) is 0 Å². The molecule has 0 radical (unpaired) electrons. The summed E-state index contributed by atoms with van der Waals surface area (Å²) >= 11 is 0. The minimum atomic E-state index is -0.128. The van der Waals surface area contributed by atoms with Gasteiger partial charge in [-0.3, -0.25) is 4.79 Å². The molecule has 4 rings (SSSR count). The number of carbonyl (C=O) groups is 2. The molecular formula is C24H31N5O3. The first-order chi connectivity index (χ1) is 15.5.